The van der Waals surface area contributed by atoms with Gasteiger partial charge in [-0.2, -0.15) is 18.3 Å². The molecule has 1 aliphatic rings. The highest BCUT2D eigenvalue weighted by atomic mass is 19.4. The van der Waals surface area contributed by atoms with Crippen molar-refractivity contribution in [3.05, 3.63) is 47.5 Å². The lowest BCUT2D eigenvalue weighted by Crippen LogP contribution is -2.17. The van der Waals surface area contributed by atoms with Crippen LogP contribution in [0, 0.1) is 12.8 Å². The second-order valence-electron chi connectivity index (χ2n) is 7.83. The maximum Gasteiger partial charge on any atom is 0.411 e. The Morgan fingerprint density at radius 3 is 2.84 bits per heavy atom. The Kier molecular flexibility index (Phi) is 5.90. The van der Waals surface area contributed by atoms with Crippen LogP contribution in [-0.4, -0.2) is 38.4 Å². The first-order valence-electron chi connectivity index (χ1n) is 9.98. The minimum atomic E-state index is -4.36. The van der Waals surface area contributed by atoms with Crippen molar-refractivity contribution >= 4 is 22.6 Å². The predicted molar refractivity (Wildman–Crippen MR) is 107 cm³/mol. The molecule has 1 amide bonds. The molecule has 1 saturated carbocycles. The van der Waals surface area contributed by atoms with Gasteiger partial charge in [-0.1, -0.05) is 6.07 Å². The number of alkyl halides is 3. The molecule has 3 aromatic rings. The summed E-state index contributed by atoms with van der Waals surface area (Å²) in [6.07, 6.45) is 3.37. The summed E-state index contributed by atoms with van der Waals surface area (Å²) < 4.78 is 43.1. The van der Waals surface area contributed by atoms with Crippen LogP contribution in [0.2, 0.25) is 0 Å². The molecule has 1 N–H and O–H groups in total. The van der Waals surface area contributed by atoms with Crippen molar-refractivity contribution < 1.29 is 22.7 Å². The predicted octanol–water partition coefficient (Wildman–Crippen LogP) is 4.00. The van der Waals surface area contributed by atoms with Crippen LogP contribution in [-0.2, 0) is 22.7 Å². The Morgan fingerprint density at radius 2 is 2.13 bits per heavy atom. The number of fused-ring (bicyclic) bond motifs is 1. The molecule has 0 radical (unpaired) electrons. The van der Waals surface area contributed by atoms with Crippen molar-refractivity contribution in [1.82, 2.24) is 19.7 Å². The molecule has 3 heterocycles. The summed E-state index contributed by atoms with van der Waals surface area (Å²) in [5, 5.41) is 8.14. The van der Waals surface area contributed by atoms with Gasteiger partial charge in [0.25, 0.3) is 0 Å². The number of pyridine rings is 2. The minimum Gasteiger partial charge on any atom is -0.366 e. The number of rotatable bonds is 8. The van der Waals surface area contributed by atoms with Gasteiger partial charge in [-0.15, -0.1) is 0 Å². The molecule has 1 aliphatic carbocycles. The first-order chi connectivity index (χ1) is 14.8. The zero-order valence-corrected chi connectivity index (χ0v) is 16.9. The van der Waals surface area contributed by atoms with Crippen LogP contribution in [0.5, 0.6) is 0 Å². The van der Waals surface area contributed by atoms with Crippen LogP contribution < -0.4 is 5.32 Å². The summed E-state index contributed by atoms with van der Waals surface area (Å²) in [5.41, 5.74) is 2.75. The van der Waals surface area contributed by atoms with Gasteiger partial charge in [-0.3, -0.25) is 14.5 Å². The van der Waals surface area contributed by atoms with Crippen LogP contribution in [0.25, 0.3) is 10.9 Å². The van der Waals surface area contributed by atoms with Crippen LogP contribution in [0.4, 0.5) is 19.0 Å². The SMILES string of the molecule is Cc1cc(Cn2cc3c(NC(=O)CC4CC4)nccc3n2)cnc1COCC(F)(F)F. The van der Waals surface area contributed by atoms with Gasteiger partial charge in [0.15, 0.2) is 0 Å². The van der Waals surface area contributed by atoms with E-state index in [2.05, 4.69) is 25.1 Å². The summed E-state index contributed by atoms with van der Waals surface area (Å²) in [7, 11) is 0. The molecule has 164 valence electrons. The molecule has 31 heavy (non-hydrogen) atoms. The van der Waals surface area contributed by atoms with Gasteiger partial charge in [0.05, 0.1) is 29.7 Å². The lowest BCUT2D eigenvalue weighted by molar-refractivity contribution is -0.176. The molecule has 3 aromatic heterocycles. The second-order valence-corrected chi connectivity index (χ2v) is 7.83. The molecule has 10 heteroatoms. The maximum absolute atomic E-state index is 12.2. The van der Waals surface area contributed by atoms with E-state index in [1.54, 1.807) is 30.1 Å². The van der Waals surface area contributed by atoms with E-state index in [0.29, 0.717) is 35.9 Å². The third-order valence-electron chi connectivity index (χ3n) is 5.00. The van der Waals surface area contributed by atoms with Gasteiger partial charge in [0, 0.05) is 25.0 Å². The second kappa shape index (κ2) is 8.62. The van der Waals surface area contributed by atoms with Crippen molar-refractivity contribution in [2.75, 3.05) is 11.9 Å². The zero-order chi connectivity index (χ0) is 22.0. The number of nitrogens with zero attached hydrogens (tertiary/aromatic N) is 4. The number of nitrogens with one attached hydrogen (secondary N) is 1. The first-order valence-corrected chi connectivity index (χ1v) is 9.98. The number of hydrogen-bond acceptors (Lipinski definition) is 5. The average molecular weight is 433 g/mol. The number of carbonyl (C=O) groups is 1. The summed E-state index contributed by atoms with van der Waals surface area (Å²) in [4.78, 5) is 20.7. The van der Waals surface area contributed by atoms with Crippen molar-refractivity contribution in [3.63, 3.8) is 0 Å². The quantitative estimate of drug-likeness (QED) is 0.581. The molecule has 0 aliphatic heterocycles. The lowest BCUT2D eigenvalue weighted by atomic mass is 10.1. The average Bonchev–Trinajstić information content (AvgIpc) is 3.39. The van der Waals surface area contributed by atoms with Crippen molar-refractivity contribution in [2.24, 2.45) is 5.92 Å². The Balaban J connectivity index is 1.44. The van der Waals surface area contributed by atoms with E-state index in [4.69, 9.17) is 0 Å². The normalized spacial score (nSPS) is 14.2. The number of hydrogen-bond donors (Lipinski definition) is 1. The summed E-state index contributed by atoms with van der Waals surface area (Å²) >= 11 is 0. The Morgan fingerprint density at radius 1 is 1.32 bits per heavy atom. The smallest absolute Gasteiger partial charge is 0.366 e. The molecule has 0 atom stereocenters. The number of carbonyl (C=O) groups excluding carboxylic acids is 1. The van der Waals surface area contributed by atoms with Gasteiger partial charge >= 0.3 is 6.18 Å². The number of anilines is 1. The summed E-state index contributed by atoms with van der Waals surface area (Å²) in [6.45, 7) is 0.692. The molecular formula is C21H22F3N5O2. The molecule has 0 unspecified atom stereocenters. The van der Waals surface area contributed by atoms with Gasteiger partial charge in [-0.25, -0.2) is 4.98 Å². The van der Waals surface area contributed by atoms with Crippen LogP contribution in [0.15, 0.2) is 30.7 Å². The first kappa shape index (κ1) is 21.2. The highest BCUT2D eigenvalue weighted by molar-refractivity contribution is 5.99. The molecule has 0 aromatic carbocycles. The number of ether oxygens (including phenoxy) is 1. The van der Waals surface area contributed by atoms with Crippen molar-refractivity contribution in [2.45, 2.75) is 45.5 Å². The molecule has 0 saturated heterocycles. The summed E-state index contributed by atoms with van der Waals surface area (Å²) in [5.74, 6) is 0.929. The number of aromatic nitrogens is 4. The molecule has 0 spiro atoms. The number of halogens is 3. The third-order valence-corrected chi connectivity index (χ3v) is 5.00. The van der Waals surface area contributed by atoms with Gasteiger partial charge in [0.2, 0.25) is 5.91 Å². The molecule has 1 fully saturated rings. The number of amides is 1. The lowest BCUT2D eigenvalue weighted by Gasteiger charge is -2.10. The number of aryl methyl sites for hydroxylation is 1. The van der Waals surface area contributed by atoms with Crippen LogP contribution in [0.3, 0.4) is 0 Å². The Labute approximate surface area is 176 Å². The standard InChI is InChI=1S/C21H22F3N5O2/c1-13-6-15(8-26-18(13)11-31-12-21(22,23)24)9-29-10-16-17(28-29)4-5-25-20(16)27-19(30)7-14-2-3-14/h4-6,8,10,14H,2-3,7,9,11-12H2,1H3,(H,25,27,30). The monoisotopic (exact) mass is 433 g/mol. The fraction of sp³-hybridized carbons (Fsp3) is 0.429. The van der Waals surface area contributed by atoms with E-state index in [1.165, 1.54) is 0 Å². The third kappa shape index (κ3) is 5.78. The van der Waals surface area contributed by atoms with E-state index in [1.807, 2.05) is 12.3 Å². The molecule has 7 nitrogen and oxygen atoms in total. The van der Waals surface area contributed by atoms with Crippen LogP contribution in [0.1, 0.15) is 36.1 Å². The van der Waals surface area contributed by atoms with Crippen molar-refractivity contribution in [3.8, 4) is 0 Å². The topological polar surface area (TPSA) is 81.9 Å². The fourth-order valence-corrected chi connectivity index (χ4v) is 3.29. The van der Waals surface area contributed by atoms with E-state index in [0.717, 1.165) is 29.4 Å². The van der Waals surface area contributed by atoms with E-state index in [-0.39, 0.29) is 12.5 Å². The maximum atomic E-state index is 12.2. The minimum absolute atomic E-state index is 0.0431. The zero-order valence-electron chi connectivity index (χ0n) is 16.9. The fourth-order valence-electron chi connectivity index (χ4n) is 3.29. The molecular weight excluding hydrogens is 411 g/mol. The van der Waals surface area contributed by atoms with Gasteiger partial charge in [0.1, 0.15) is 12.4 Å². The Hall–Kier alpha value is -3.01. The Bertz CT molecular complexity index is 1090. The highest BCUT2D eigenvalue weighted by Gasteiger charge is 2.27. The van der Waals surface area contributed by atoms with E-state index < -0.39 is 12.8 Å². The van der Waals surface area contributed by atoms with E-state index >= 15 is 0 Å². The van der Waals surface area contributed by atoms with Gasteiger partial charge < -0.3 is 10.1 Å². The highest BCUT2D eigenvalue weighted by Crippen LogP contribution is 2.32. The summed E-state index contributed by atoms with van der Waals surface area (Å²) in [6, 6.07) is 3.62. The van der Waals surface area contributed by atoms with E-state index in [9.17, 15) is 18.0 Å². The largest absolute Gasteiger partial charge is 0.411 e. The van der Waals surface area contributed by atoms with Gasteiger partial charge in [-0.05, 0) is 42.9 Å². The molecule has 4 rings (SSSR count). The van der Waals surface area contributed by atoms with Crippen molar-refractivity contribution in [1.29, 1.82) is 0 Å². The molecule has 0 bridgehead atoms. The van der Waals surface area contributed by atoms with Crippen LogP contribution >= 0.6 is 0 Å².